The number of nitrogens with zero attached hydrogens (tertiary/aromatic N) is 2. The third-order valence-corrected chi connectivity index (χ3v) is 4.40. The molecule has 2 aromatic heterocycles. The fourth-order valence-electron chi connectivity index (χ4n) is 2.74. The van der Waals surface area contributed by atoms with Crippen LogP contribution in [-0.4, -0.2) is 27.2 Å². The molecule has 0 fully saturated rings. The summed E-state index contributed by atoms with van der Waals surface area (Å²) in [5, 5.41) is 6.27. The highest BCUT2D eigenvalue weighted by atomic mass is 35.5. The number of fused-ring (bicyclic) bond motifs is 1. The number of hydrogen-bond acceptors (Lipinski definition) is 3. The minimum atomic E-state index is -0.635. The molecule has 0 bridgehead atoms. The SMILES string of the molecule is CC(C)C(NC(=O)c1ccccc1)C(=O)NCc1cn2cc(Cl)ccc2n1. The number of aromatic nitrogens is 2. The third-order valence-electron chi connectivity index (χ3n) is 4.18. The van der Waals surface area contributed by atoms with Gasteiger partial charge in [-0.3, -0.25) is 9.59 Å². The van der Waals surface area contributed by atoms with E-state index in [9.17, 15) is 9.59 Å². The Morgan fingerprint density at radius 2 is 1.85 bits per heavy atom. The molecule has 140 valence electrons. The predicted octanol–water partition coefficient (Wildman–Crippen LogP) is 3.06. The van der Waals surface area contributed by atoms with Crippen molar-refractivity contribution in [2.75, 3.05) is 0 Å². The Hall–Kier alpha value is -2.86. The highest BCUT2D eigenvalue weighted by Gasteiger charge is 2.24. The zero-order chi connectivity index (χ0) is 19.4. The molecular formula is C20H21ClN4O2. The smallest absolute Gasteiger partial charge is 0.251 e. The van der Waals surface area contributed by atoms with E-state index in [1.807, 2.05) is 32.2 Å². The first kappa shape index (κ1) is 18.9. The van der Waals surface area contributed by atoms with Gasteiger partial charge in [0.2, 0.25) is 5.91 Å². The quantitative estimate of drug-likeness (QED) is 0.685. The van der Waals surface area contributed by atoms with Crippen LogP contribution in [-0.2, 0) is 11.3 Å². The van der Waals surface area contributed by atoms with Crippen molar-refractivity contribution < 1.29 is 9.59 Å². The van der Waals surface area contributed by atoms with Gasteiger partial charge in [0.25, 0.3) is 5.91 Å². The Bertz CT molecular complexity index is 953. The van der Waals surface area contributed by atoms with Crippen LogP contribution in [0.5, 0.6) is 0 Å². The molecule has 6 nitrogen and oxygen atoms in total. The van der Waals surface area contributed by atoms with Crippen LogP contribution >= 0.6 is 11.6 Å². The van der Waals surface area contributed by atoms with E-state index < -0.39 is 6.04 Å². The summed E-state index contributed by atoms with van der Waals surface area (Å²) in [6.07, 6.45) is 3.57. The number of imidazole rings is 1. The summed E-state index contributed by atoms with van der Waals surface area (Å²) >= 11 is 5.97. The Morgan fingerprint density at radius 1 is 1.11 bits per heavy atom. The molecule has 0 aliphatic carbocycles. The second-order valence-electron chi connectivity index (χ2n) is 6.62. The van der Waals surface area contributed by atoms with Gasteiger partial charge < -0.3 is 15.0 Å². The lowest BCUT2D eigenvalue weighted by Gasteiger charge is -2.21. The van der Waals surface area contributed by atoms with E-state index in [1.165, 1.54) is 0 Å². The number of hydrogen-bond donors (Lipinski definition) is 2. The van der Waals surface area contributed by atoms with Crippen molar-refractivity contribution in [1.82, 2.24) is 20.0 Å². The van der Waals surface area contributed by atoms with Crippen LogP contribution in [0, 0.1) is 5.92 Å². The number of nitrogens with one attached hydrogen (secondary N) is 2. The van der Waals surface area contributed by atoms with E-state index >= 15 is 0 Å². The molecule has 2 N–H and O–H groups in total. The highest BCUT2D eigenvalue weighted by molar-refractivity contribution is 6.30. The fourth-order valence-corrected chi connectivity index (χ4v) is 2.91. The predicted molar refractivity (Wildman–Crippen MR) is 105 cm³/mol. The van der Waals surface area contributed by atoms with Crippen LogP contribution in [0.1, 0.15) is 29.9 Å². The van der Waals surface area contributed by atoms with Crippen LogP contribution in [0.3, 0.4) is 0 Å². The molecule has 1 aromatic carbocycles. The van der Waals surface area contributed by atoms with Crippen molar-refractivity contribution >= 4 is 29.1 Å². The molecule has 0 spiro atoms. The molecule has 3 rings (SSSR count). The molecular weight excluding hydrogens is 364 g/mol. The zero-order valence-corrected chi connectivity index (χ0v) is 15.9. The van der Waals surface area contributed by atoms with Gasteiger partial charge in [0, 0.05) is 18.0 Å². The number of benzene rings is 1. The first-order valence-corrected chi connectivity index (χ1v) is 9.08. The van der Waals surface area contributed by atoms with Crippen molar-refractivity contribution in [3.05, 3.63) is 71.1 Å². The lowest BCUT2D eigenvalue weighted by atomic mass is 10.0. The maximum absolute atomic E-state index is 12.6. The number of carbonyl (C=O) groups excluding carboxylic acids is 2. The highest BCUT2D eigenvalue weighted by Crippen LogP contribution is 2.12. The molecule has 0 saturated carbocycles. The molecule has 1 unspecified atom stereocenters. The van der Waals surface area contributed by atoms with Gasteiger partial charge in [-0.05, 0) is 30.2 Å². The number of pyridine rings is 1. The van der Waals surface area contributed by atoms with E-state index in [0.717, 1.165) is 5.65 Å². The Labute approximate surface area is 162 Å². The Kier molecular flexibility index (Phi) is 5.76. The molecule has 0 aliphatic heterocycles. The first-order chi connectivity index (χ1) is 12.9. The Morgan fingerprint density at radius 3 is 2.56 bits per heavy atom. The minimum absolute atomic E-state index is 0.0578. The molecule has 7 heteroatoms. The van der Waals surface area contributed by atoms with Crippen molar-refractivity contribution in [2.24, 2.45) is 5.92 Å². The maximum Gasteiger partial charge on any atom is 0.251 e. The normalized spacial score (nSPS) is 12.1. The monoisotopic (exact) mass is 384 g/mol. The van der Waals surface area contributed by atoms with Gasteiger partial charge in [0.15, 0.2) is 0 Å². The van der Waals surface area contributed by atoms with Gasteiger partial charge in [-0.25, -0.2) is 4.98 Å². The number of halogens is 1. The number of carbonyl (C=O) groups is 2. The third kappa shape index (κ3) is 4.65. The van der Waals surface area contributed by atoms with Crippen LogP contribution in [0.15, 0.2) is 54.9 Å². The topological polar surface area (TPSA) is 75.5 Å². The van der Waals surface area contributed by atoms with Gasteiger partial charge in [-0.1, -0.05) is 43.6 Å². The van der Waals surface area contributed by atoms with Gasteiger partial charge >= 0.3 is 0 Å². The molecule has 2 heterocycles. The molecule has 27 heavy (non-hydrogen) atoms. The fraction of sp³-hybridized carbons (Fsp3) is 0.250. The summed E-state index contributed by atoms with van der Waals surface area (Å²) in [4.78, 5) is 29.4. The number of amides is 2. The second-order valence-corrected chi connectivity index (χ2v) is 7.06. The van der Waals surface area contributed by atoms with Crippen LogP contribution in [0.25, 0.3) is 5.65 Å². The first-order valence-electron chi connectivity index (χ1n) is 8.71. The van der Waals surface area contributed by atoms with E-state index in [4.69, 9.17) is 11.6 Å². The van der Waals surface area contributed by atoms with Crippen molar-refractivity contribution in [3.8, 4) is 0 Å². The summed E-state index contributed by atoms with van der Waals surface area (Å²) < 4.78 is 1.81. The molecule has 3 aromatic rings. The molecule has 1 atom stereocenters. The van der Waals surface area contributed by atoms with Gasteiger partial charge in [-0.2, -0.15) is 0 Å². The summed E-state index contributed by atoms with van der Waals surface area (Å²) in [6.45, 7) is 4.05. The molecule has 2 amide bonds. The second kappa shape index (κ2) is 8.22. The lowest BCUT2D eigenvalue weighted by molar-refractivity contribution is -0.124. The Balaban J connectivity index is 1.65. The van der Waals surface area contributed by atoms with Crippen LogP contribution < -0.4 is 10.6 Å². The summed E-state index contributed by atoms with van der Waals surface area (Å²) in [5.74, 6) is -0.575. The van der Waals surface area contributed by atoms with E-state index in [0.29, 0.717) is 16.3 Å². The maximum atomic E-state index is 12.6. The van der Waals surface area contributed by atoms with Gasteiger partial charge in [0.1, 0.15) is 11.7 Å². The minimum Gasteiger partial charge on any atom is -0.349 e. The molecule has 0 aliphatic rings. The van der Waals surface area contributed by atoms with Gasteiger partial charge in [-0.15, -0.1) is 0 Å². The summed E-state index contributed by atoms with van der Waals surface area (Å²) in [6, 6.07) is 11.8. The zero-order valence-electron chi connectivity index (χ0n) is 15.1. The van der Waals surface area contributed by atoms with E-state index in [1.54, 1.807) is 40.9 Å². The number of rotatable bonds is 6. The molecule has 0 radical (unpaired) electrons. The largest absolute Gasteiger partial charge is 0.349 e. The van der Waals surface area contributed by atoms with Crippen molar-refractivity contribution in [2.45, 2.75) is 26.4 Å². The molecule has 0 saturated heterocycles. The van der Waals surface area contributed by atoms with Gasteiger partial charge in [0.05, 0.1) is 17.3 Å². The average Bonchev–Trinajstić information content (AvgIpc) is 3.06. The van der Waals surface area contributed by atoms with Crippen molar-refractivity contribution in [1.29, 1.82) is 0 Å². The average molecular weight is 385 g/mol. The summed E-state index contributed by atoms with van der Waals surface area (Å²) in [7, 11) is 0. The summed E-state index contributed by atoms with van der Waals surface area (Å²) in [5.41, 5.74) is 1.98. The van der Waals surface area contributed by atoms with Crippen LogP contribution in [0.4, 0.5) is 0 Å². The van der Waals surface area contributed by atoms with Crippen LogP contribution in [0.2, 0.25) is 5.02 Å². The lowest BCUT2D eigenvalue weighted by Crippen LogP contribution is -2.49. The van der Waals surface area contributed by atoms with Crippen molar-refractivity contribution in [3.63, 3.8) is 0 Å². The van der Waals surface area contributed by atoms with E-state index in [-0.39, 0.29) is 24.3 Å². The standard InChI is InChI=1S/C20H21ClN4O2/c1-13(2)18(24-19(26)14-6-4-3-5-7-14)20(27)22-10-16-12-25-11-15(21)8-9-17(25)23-16/h3-9,11-13,18H,10H2,1-2H3,(H,22,27)(H,24,26). The van der Waals surface area contributed by atoms with E-state index in [2.05, 4.69) is 15.6 Å².